The maximum atomic E-state index is 13.0. The number of nitrogens with zero attached hydrogens (tertiary/aromatic N) is 2. The molecule has 1 aliphatic rings. The number of aliphatic carboxylic acids is 1. The Morgan fingerprint density at radius 2 is 1.86 bits per heavy atom. The summed E-state index contributed by atoms with van der Waals surface area (Å²) in [5.41, 5.74) is -0.246. The summed E-state index contributed by atoms with van der Waals surface area (Å²) in [6.45, 7) is 3.50. The molecule has 112 valence electrons. The maximum absolute atomic E-state index is 13.0. The molecule has 6 nitrogen and oxygen atoms in total. The Hall–Kier alpha value is -2.41. The monoisotopic (exact) mass is 294 g/mol. The number of carboxylic acids is 1. The summed E-state index contributed by atoms with van der Waals surface area (Å²) in [6.07, 6.45) is -0.230. The highest BCUT2D eigenvalue weighted by Crippen LogP contribution is 2.26. The third kappa shape index (κ3) is 2.73. The van der Waals surface area contributed by atoms with E-state index < -0.39 is 29.6 Å². The second-order valence-corrected chi connectivity index (χ2v) is 4.89. The average Bonchev–Trinajstić information content (AvgIpc) is 2.40. The van der Waals surface area contributed by atoms with Crippen molar-refractivity contribution in [3.05, 3.63) is 41.9 Å². The first kappa shape index (κ1) is 15.0. The molecule has 1 aromatic carbocycles. The quantitative estimate of drug-likeness (QED) is 0.817. The van der Waals surface area contributed by atoms with Gasteiger partial charge in [-0.25, -0.2) is 9.18 Å². The molecule has 0 spiro atoms. The van der Waals surface area contributed by atoms with Gasteiger partial charge in [0, 0.05) is 17.9 Å². The lowest BCUT2D eigenvalue weighted by atomic mass is 10.1. The fourth-order valence-corrected chi connectivity index (χ4v) is 2.05. The molecule has 7 heteroatoms. The number of hydrogen-bond acceptors (Lipinski definition) is 4. The number of amides is 1. The highest BCUT2D eigenvalue weighted by Gasteiger charge is 2.38. The number of halogens is 1. The first-order valence-corrected chi connectivity index (χ1v) is 6.32. The van der Waals surface area contributed by atoms with Gasteiger partial charge in [0.15, 0.2) is 0 Å². The minimum atomic E-state index is -1.38. The smallest absolute Gasteiger partial charge is 0.342 e. The molecule has 2 N–H and O–H groups in total. The van der Waals surface area contributed by atoms with Crippen LogP contribution < -0.4 is 4.90 Å². The van der Waals surface area contributed by atoms with Crippen LogP contribution in [0.2, 0.25) is 0 Å². The second-order valence-electron chi connectivity index (χ2n) is 4.89. The van der Waals surface area contributed by atoms with E-state index >= 15 is 0 Å². The van der Waals surface area contributed by atoms with E-state index in [0.717, 1.165) is 23.2 Å². The Morgan fingerprint density at radius 3 is 2.33 bits per heavy atom. The summed E-state index contributed by atoms with van der Waals surface area (Å²) < 4.78 is 13.0. The van der Waals surface area contributed by atoms with Gasteiger partial charge in [0.25, 0.3) is 5.91 Å². The van der Waals surface area contributed by atoms with Gasteiger partial charge < -0.3 is 15.1 Å². The number of anilines is 1. The van der Waals surface area contributed by atoms with Gasteiger partial charge in [0.05, 0.1) is 0 Å². The molecule has 0 saturated heterocycles. The highest BCUT2D eigenvalue weighted by atomic mass is 19.1. The zero-order chi connectivity index (χ0) is 15.7. The molecule has 0 aromatic heterocycles. The molecular weight excluding hydrogens is 279 g/mol. The predicted octanol–water partition coefficient (Wildman–Crippen LogP) is 1.13. The first-order chi connectivity index (χ1) is 9.82. The normalized spacial score (nSPS) is 19.0. The fourth-order valence-electron chi connectivity index (χ4n) is 2.05. The molecule has 1 atom stereocenters. The number of rotatable bonds is 3. The maximum Gasteiger partial charge on any atom is 0.342 e. The summed E-state index contributed by atoms with van der Waals surface area (Å²) >= 11 is 0. The molecule has 1 amide bonds. The van der Waals surface area contributed by atoms with Crippen molar-refractivity contribution >= 4 is 17.6 Å². The average molecular weight is 294 g/mol. The molecule has 1 heterocycles. The number of benzene rings is 1. The van der Waals surface area contributed by atoms with Gasteiger partial charge in [-0.3, -0.25) is 9.69 Å². The van der Waals surface area contributed by atoms with Crippen LogP contribution in [0.1, 0.15) is 13.8 Å². The van der Waals surface area contributed by atoms with Crippen LogP contribution in [0.4, 0.5) is 10.1 Å². The van der Waals surface area contributed by atoms with E-state index in [1.165, 1.54) is 17.0 Å². The van der Waals surface area contributed by atoms with E-state index in [-0.39, 0.29) is 11.7 Å². The van der Waals surface area contributed by atoms with Crippen LogP contribution in [-0.2, 0) is 9.59 Å². The van der Waals surface area contributed by atoms with Crippen LogP contribution in [0.25, 0.3) is 0 Å². The van der Waals surface area contributed by atoms with Crippen LogP contribution in [0, 0.1) is 5.82 Å². The molecule has 0 aliphatic carbocycles. The van der Waals surface area contributed by atoms with Crippen LogP contribution in [0.15, 0.2) is 36.0 Å². The Balaban J connectivity index is 2.49. The summed E-state index contributed by atoms with van der Waals surface area (Å²) in [5, 5.41) is 19.4. The molecule has 0 saturated carbocycles. The van der Waals surface area contributed by atoms with Crippen molar-refractivity contribution in [2.75, 3.05) is 4.90 Å². The molecule has 1 aliphatic heterocycles. The lowest BCUT2D eigenvalue weighted by Crippen LogP contribution is -2.56. The van der Waals surface area contributed by atoms with Crippen LogP contribution >= 0.6 is 0 Å². The van der Waals surface area contributed by atoms with Gasteiger partial charge in [-0.15, -0.1) is 0 Å². The van der Waals surface area contributed by atoms with Crippen LogP contribution in [-0.4, -0.2) is 39.4 Å². The van der Waals surface area contributed by atoms with Crippen LogP contribution in [0.5, 0.6) is 0 Å². The van der Waals surface area contributed by atoms with Crippen molar-refractivity contribution in [1.29, 1.82) is 0 Å². The third-order valence-corrected chi connectivity index (χ3v) is 3.16. The minimum Gasteiger partial charge on any atom is -0.477 e. The van der Waals surface area contributed by atoms with Crippen molar-refractivity contribution in [3.63, 3.8) is 0 Å². The molecule has 0 radical (unpaired) electrons. The lowest BCUT2D eigenvalue weighted by Gasteiger charge is -2.41. The largest absolute Gasteiger partial charge is 0.477 e. The molecule has 0 bridgehead atoms. The van der Waals surface area contributed by atoms with E-state index in [1.54, 1.807) is 13.8 Å². The van der Waals surface area contributed by atoms with E-state index in [1.807, 2.05) is 0 Å². The number of hydrogen-bond donors (Lipinski definition) is 2. The van der Waals surface area contributed by atoms with Crippen molar-refractivity contribution in [1.82, 2.24) is 4.90 Å². The lowest BCUT2D eigenvalue weighted by molar-refractivity contribution is -0.136. The Kier molecular flexibility index (Phi) is 3.95. The SMILES string of the molecule is CC(C)N1C=C(C(=O)O)C(=O)N(c2ccc(F)cc2)C1O. The number of carboxylic acid groups (broad SMARTS) is 1. The van der Waals surface area contributed by atoms with Crippen molar-refractivity contribution < 1.29 is 24.2 Å². The van der Waals surface area contributed by atoms with E-state index in [4.69, 9.17) is 5.11 Å². The molecule has 21 heavy (non-hydrogen) atoms. The van der Waals surface area contributed by atoms with E-state index in [0.29, 0.717) is 0 Å². The predicted molar refractivity (Wildman–Crippen MR) is 72.6 cm³/mol. The summed E-state index contributed by atoms with van der Waals surface area (Å²) in [6, 6.07) is 4.64. The second kappa shape index (κ2) is 5.53. The molecule has 0 fully saturated rings. The number of aliphatic hydroxyl groups is 1. The standard InChI is InChI=1S/C14H15FN2O4/c1-8(2)16-7-11(13(19)20)12(18)17(14(16)21)10-5-3-9(15)4-6-10/h3-8,14,21H,1-2H3,(H,19,20). The first-order valence-electron chi connectivity index (χ1n) is 6.32. The van der Waals surface area contributed by atoms with Gasteiger partial charge in [0.1, 0.15) is 11.4 Å². The highest BCUT2D eigenvalue weighted by molar-refractivity contribution is 6.22. The van der Waals surface area contributed by atoms with Gasteiger partial charge in [-0.05, 0) is 38.1 Å². The fraction of sp³-hybridized carbons (Fsp3) is 0.286. The van der Waals surface area contributed by atoms with Crippen molar-refractivity contribution in [2.45, 2.75) is 26.2 Å². The summed E-state index contributed by atoms with van der Waals surface area (Å²) in [7, 11) is 0. The Bertz CT molecular complexity index is 597. The van der Waals surface area contributed by atoms with E-state index in [2.05, 4.69) is 0 Å². The Morgan fingerprint density at radius 1 is 1.29 bits per heavy atom. The summed E-state index contributed by atoms with van der Waals surface area (Å²) in [4.78, 5) is 25.7. The van der Waals surface area contributed by atoms with E-state index in [9.17, 15) is 19.1 Å². The topological polar surface area (TPSA) is 81.1 Å². The molecule has 1 unspecified atom stereocenters. The van der Waals surface area contributed by atoms with Crippen LogP contribution in [0.3, 0.4) is 0 Å². The molecule has 1 aromatic rings. The van der Waals surface area contributed by atoms with Gasteiger partial charge in [0.2, 0.25) is 6.35 Å². The number of carbonyl (C=O) groups excluding carboxylic acids is 1. The van der Waals surface area contributed by atoms with Gasteiger partial charge in [-0.2, -0.15) is 0 Å². The zero-order valence-electron chi connectivity index (χ0n) is 11.5. The molecule has 2 rings (SSSR count). The Labute approximate surface area is 120 Å². The van der Waals surface area contributed by atoms with Crippen molar-refractivity contribution in [3.8, 4) is 0 Å². The third-order valence-electron chi connectivity index (χ3n) is 3.16. The number of carbonyl (C=O) groups is 2. The number of aliphatic hydroxyl groups excluding tert-OH is 1. The van der Waals surface area contributed by atoms with Gasteiger partial charge >= 0.3 is 5.97 Å². The zero-order valence-corrected chi connectivity index (χ0v) is 11.5. The van der Waals surface area contributed by atoms with Gasteiger partial charge in [-0.1, -0.05) is 0 Å². The minimum absolute atomic E-state index is 0.214. The van der Waals surface area contributed by atoms with Crippen molar-refractivity contribution in [2.24, 2.45) is 0 Å². The molecular formula is C14H15FN2O4. The summed E-state index contributed by atoms with van der Waals surface area (Å²) in [5.74, 6) is -2.73.